The molecule has 0 amide bonds. The van der Waals surface area contributed by atoms with Crippen LogP contribution in [0.1, 0.15) is 33.4 Å². The Kier molecular flexibility index (Phi) is 6.90. The molecule has 0 radical (unpaired) electrons. The lowest BCUT2D eigenvalue weighted by atomic mass is 10.0. The van der Waals surface area contributed by atoms with Crippen molar-refractivity contribution in [2.45, 2.75) is 38.5 Å². The third-order valence-electron chi connectivity index (χ3n) is 4.21. The molecule has 0 aromatic heterocycles. The molecule has 0 aliphatic carbocycles. The van der Waals surface area contributed by atoms with Crippen molar-refractivity contribution in [1.29, 1.82) is 0 Å². The normalized spacial score (nSPS) is 12.6. The van der Waals surface area contributed by atoms with Crippen molar-refractivity contribution < 1.29 is 39.5 Å². The first-order valence-electron chi connectivity index (χ1n) is 8.29. The second-order valence-corrected chi connectivity index (χ2v) is 7.45. The smallest absolute Gasteiger partial charge is 0.184 e. The van der Waals surface area contributed by atoms with E-state index >= 15 is 0 Å². The number of rotatable bonds is 4. The fraction of sp³-hybridized carbons (Fsp3) is 0.316. The van der Waals surface area contributed by atoms with Crippen LogP contribution in [0.15, 0.2) is 34.8 Å². The van der Waals surface area contributed by atoms with Gasteiger partial charge in [-0.1, -0.05) is 15.9 Å². The van der Waals surface area contributed by atoms with Gasteiger partial charge >= 0.3 is 18.5 Å². The summed E-state index contributed by atoms with van der Waals surface area (Å²) < 4.78 is 118. The number of nitrogens with zero attached hydrogens (tertiary/aromatic N) is 2. The summed E-state index contributed by atoms with van der Waals surface area (Å²) in [4.78, 5) is 3.04. The summed E-state index contributed by atoms with van der Waals surface area (Å²) in [6.07, 6.45) is -14.8. The molecule has 0 atom stereocenters. The molecule has 2 nitrogen and oxygen atoms in total. The van der Waals surface area contributed by atoms with E-state index < -0.39 is 53.9 Å². The lowest BCUT2D eigenvalue weighted by molar-refractivity contribution is -0.143. The maximum absolute atomic E-state index is 13.1. The Bertz CT molecular complexity index is 969. The number of alkyl halides is 9. The predicted octanol–water partition coefficient (Wildman–Crippen LogP) is 7.65. The number of benzene rings is 2. The topological polar surface area (TPSA) is 7.60 Å². The van der Waals surface area contributed by atoms with Gasteiger partial charge in [-0.25, -0.2) is 0 Å². The third kappa shape index (κ3) is 6.29. The molecule has 12 heteroatoms. The molecule has 0 saturated heterocycles. The van der Waals surface area contributed by atoms with Crippen LogP contribution < -0.4 is 0 Å². The average Bonchev–Trinajstić information content (AvgIpc) is 2.60. The minimum Gasteiger partial charge on any atom is -0.184 e. The molecule has 2 rings (SSSR count). The molecule has 0 unspecified atom stereocenters. The van der Waals surface area contributed by atoms with E-state index in [0.29, 0.717) is 12.1 Å². The van der Waals surface area contributed by atoms with Crippen LogP contribution in [0.4, 0.5) is 39.5 Å². The summed E-state index contributed by atoms with van der Waals surface area (Å²) in [6, 6.07) is 2.85. The van der Waals surface area contributed by atoms with E-state index in [1.165, 1.54) is 13.0 Å². The zero-order valence-corrected chi connectivity index (χ0v) is 17.1. The van der Waals surface area contributed by atoms with Crippen molar-refractivity contribution in [2.24, 2.45) is 0 Å². The summed E-state index contributed by atoms with van der Waals surface area (Å²) >= 11 is 3.07. The average molecular weight is 519 g/mol. The van der Waals surface area contributed by atoms with Crippen molar-refractivity contribution in [3.05, 3.63) is 79.7 Å². The van der Waals surface area contributed by atoms with Crippen LogP contribution in [0.2, 0.25) is 0 Å². The Balaban J connectivity index is 2.41. The van der Waals surface area contributed by atoms with E-state index in [0.717, 1.165) is 11.1 Å². The molecule has 31 heavy (non-hydrogen) atoms. The van der Waals surface area contributed by atoms with E-state index in [1.54, 1.807) is 0 Å². The second kappa shape index (κ2) is 8.61. The largest absolute Gasteiger partial charge is 0.416 e. The number of hydrogen-bond acceptors (Lipinski definition) is 1. The highest BCUT2D eigenvalue weighted by Gasteiger charge is 2.37. The van der Waals surface area contributed by atoms with Gasteiger partial charge in [0.2, 0.25) is 0 Å². The molecule has 0 spiro atoms. The van der Waals surface area contributed by atoms with Crippen LogP contribution in [-0.4, -0.2) is 5.01 Å². The fourth-order valence-corrected chi connectivity index (χ4v) is 3.37. The van der Waals surface area contributed by atoms with Gasteiger partial charge in [0.25, 0.3) is 0 Å². The van der Waals surface area contributed by atoms with Gasteiger partial charge in [-0.3, -0.25) is 0 Å². The number of aryl methyl sites for hydroxylation is 1. The van der Waals surface area contributed by atoms with Gasteiger partial charge < -0.3 is 0 Å². The van der Waals surface area contributed by atoms with E-state index in [9.17, 15) is 39.5 Å². The van der Waals surface area contributed by atoms with E-state index in [-0.39, 0.29) is 21.7 Å². The van der Waals surface area contributed by atoms with E-state index in [4.69, 9.17) is 6.57 Å². The van der Waals surface area contributed by atoms with Gasteiger partial charge in [-0.2, -0.15) is 51.0 Å². The summed E-state index contributed by atoms with van der Waals surface area (Å²) in [5, 5.41) is 0.741. The van der Waals surface area contributed by atoms with Crippen molar-refractivity contribution in [1.82, 2.24) is 5.01 Å². The number of hydrogen-bond donors (Lipinski definition) is 0. The standard InChI is InChI=1S/C19H12BrF9N2/c1-10-3-16(20)12(6-15(10)19(27,28)29)9-31(30-2)8-11-4-13(17(21,22)23)7-14(5-11)18(24,25)26/h3-7H,8-9H2,1H3. The maximum atomic E-state index is 13.1. The second-order valence-electron chi connectivity index (χ2n) is 6.59. The quantitative estimate of drug-likeness (QED) is 0.229. The molecule has 0 fully saturated rings. The van der Waals surface area contributed by atoms with Gasteiger partial charge in [0, 0.05) is 4.47 Å². The van der Waals surface area contributed by atoms with Crippen molar-refractivity contribution in [3.63, 3.8) is 0 Å². The highest BCUT2D eigenvalue weighted by molar-refractivity contribution is 9.10. The van der Waals surface area contributed by atoms with Crippen LogP contribution in [0, 0.1) is 13.5 Å². The Morgan fingerprint density at radius 3 is 1.74 bits per heavy atom. The molecule has 0 saturated carbocycles. The Labute approximate surface area is 179 Å². The van der Waals surface area contributed by atoms with Crippen LogP contribution in [0.25, 0.3) is 4.95 Å². The Hall–Kier alpha value is -2.42. The van der Waals surface area contributed by atoms with Crippen LogP contribution in [0.5, 0.6) is 0 Å². The molecular weight excluding hydrogens is 507 g/mol. The first-order chi connectivity index (χ1) is 14.0. The Morgan fingerprint density at radius 2 is 1.32 bits per heavy atom. The molecule has 0 bridgehead atoms. The summed E-state index contributed by atoms with van der Waals surface area (Å²) in [7, 11) is 0. The molecule has 0 aliphatic rings. The molecule has 2 aromatic carbocycles. The molecule has 0 aliphatic heterocycles. The minimum absolute atomic E-state index is 0.00283. The maximum Gasteiger partial charge on any atom is 0.416 e. The summed E-state index contributed by atoms with van der Waals surface area (Å²) in [6.45, 7) is 7.26. The molecular formula is C19H12BrF9N2. The van der Waals surface area contributed by atoms with Crippen LogP contribution in [0.3, 0.4) is 0 Å². The SMILES string of the molecule is [C-]#[N+]N(Cc1cc(C(F)(F)F)cc(C(F)(F)F)c1)Cc1cc(C(F)(F)F)c(C)cc1Br. The molecule has 168 valence electrons. The lowest BCUT2D eigenvalue weighted by Crippen LogP contribution is -2.18. The van der Waals surface area contributed by atoms with E-state index in [1.807, 2.05) is 0 Å². The molecule has 2 aromatic rings. The fourth-order valence-electron chi connectivity index (χ4n) is 2.79. The van der Waals surface area contributed by atoms with Gasteiger partial charge in [0.05, 0.1) is 16.7 Å². The minimum atomic E-state index is -5.06. The third-order valence-corrected chi connectivity index (χ3v) is 4.94. The van der Waals surface area contributed by atoms with E-state index in [2.05, 4.69) is 20.9 Å². The zero-order valence-electron chi connectivity index (χ0n) is 15.5. The van der Waals surface area contributed by atoms with Crippen molar-refractivity contribution in [3.8, 4) is 0 Å². The van der Waals surface area contributed by atoms with Gasteiger partial charge in [0.15, 0.2) is 0 Å². The lowest BCUT2D eigenvalue weighted by Gasteiger charge is -2.18. The highest BCUT2D eigenvalue weighted by atomic mass is 79.9. The molecule has 0 N–H and O–H groups in total. The summed E-state index contributed by atoms with van der Waals surface area (Å²) in [5.74, 6) is 0. The predicted molar refractivity (Wildman–Crippen MR) is 96.2 cm³/mol. The monoisotopic (exact) mass is 518 g/mol. The highest BCUT2D eigenvalue weighted by Crippen LogP contribution is 2.37. The first kappa shape index (κ1) is 24.8. The Morgan fingerprint density at radius 1 is 0.806 bits per heavy atom. The van der Waals surface area contributed by atoms with Gasteiger partial charge in [-0.15, -0.1) is 5.01 Å². The van der Waals surface area contributed by atoms with Crippen LogP contribution in [-0.2, 0) is 31.6 Å². The van der Waals surface area contributed by atoms with Crippen molar-refractivity contribution in [2.75, 3.05) is 0 Å². The number of halogens is 10. The zero-order chi connectivity index (χ0) is 23.8. The molecule has 0 heterocycles. The van der Waals surface area contributed by atoms with Gasteiger partial charge in [-0.05, 0) is 53.9 Å². The first-order valence-corrected chi connectivity index (χ1v) is 9.08. The van der Waals surface area contributed by atoms with Crippen molar-refractivity contribution >= 4 is 15.9 Å². The summed E-state index contributed by atoms with van der Waals surface area (Å²) in [5.41, 5.74) is -4.61. The van der Waals surface area contributed by atoms with Crippen LogP contribution >= 0.6 is 15.9 Å². The van der Waals surface area contributed by atoms with Gasteiger partial charge in [0.1, 0.15) is 13.1 Å².